The van der Waals surface area contributed by atoms with Gasteiger partial charge in [0.2, 0.25) is 11.8 Å². The van der Waals surface area contributed by atoms with Gasteiger partial charge in [-0.1, -0.05) is 0 Å². The summed E-state index contributed by atoms with van der Waals surface area (Å²) in [5, 5.41) is 7.28. The summed E-state index contributed by atoms with van der Waals surface area (Å²) in [4.78, 5) is 22.3. The average molecular weight is 294 g/mol. The molecule has 3 N–H and O–H groups in total. The van der Waals surface area contributed by atoms with Gasteiger partial charge in [-0.25, -0.2) is 8.78 Å². The number of carbonyl (C=O) groups is 2. The number of hydrogen-bond donors (Lipinski definition) is 3. The van der Waals surface area contributed by atoms with Crippen molar-refractivity contribution in [3.63, 3.8) is 0 Å². The standard InChI is InChI=1S/C11H13F2N3O2.ClH/c1-6(17)15-9-3-7(12)8(13)4-10(9)16-11(18)5-14-2;/h3-4,14H,5H2,1-2H3,(H,15,17)(H,16,18);1H. The van der Waals surface area contributed by atoms with E-state index in [1.807, 2.05) is 0 Å². The molecule has 0 atom stereocenters. The van der Waals surface area contributed by atoms with Crippen LogP contribution in [-0.4, -0.2) is 25.4 Å². The van der Waals surface area contributed by atoms with Gasteiger partial charge in [0.1, 0.15) is 0 Å². The summed E-state index contributed by atoms with van der Waals surface area (Å²) < 4.78 is 26.1. The highest BCUT2D eigenvalue weighted by molar-refractivity contribution is 5.99. The van der Waals surface area contributed by atoms with Crippen molar-refractivity contribution in [3.05, 3.63) is 23.8 Å². The van der Waals surface area contributed by atoms with Crippen molar-refractivity contribution < 1.29 is 18.4 Å². The van der Waals surface area contributed by atoms with Crippen LogP contribution >= 0.6 is 12.4 Å². The zero-order valence-corrected chi connectivity index (χ0v) is 11.2. The SMILES string of the molecule is CNCC(=O)Nc1cc(F)c(F)cc1NC(C)=O.Cl. The van der Waals surface area contributed by atoms with Crippen molar-refractivity contribution in [1.29, 1.82) is 0 Å². The number of rotatable bonds is 4. The Bertz CT molecular complexity index is 483. The molecule has 0 bridgehead atoms. The normalized spacial score (nSPS) is 9.47. The Kier molecular flexibility index (Phi) is 6.95. The molecule has 0 aliphatic carbocycles. The molecule has 1 rings (SSSR count). The molecule has 2 amide bonds. The quantitative estimate of drug-likeness (QED) is 0.788. The van der Waals surface area contributed by atoms with Crippen molar-refractivity contribution >= 4 is 35.6 Å². The largest absolute Gasteiger partial charge is 0.324 e. The van der Waals surface area contributed by atoms with Crippen LogP contribution in [0.2, 0.25) is 0 Å². The maximum absolute atomic E-state index is 13.1. The van der Waals surface area contributed by atoms with Gasteiger partial charge < -0.3 is 16.0 Å². The van der Waals surface area contributed by atoms with Crippen molar-refractivity contribution in [1.82, 2.24) is 5.32 Å². The molecule has 0 spiro atoms. The van der Waals surface area contributed by atoms with Crippen molar-refractivity contribution in [3.8, 4) is 0 Å². The number of nitrogens with one attached hydrogen (secondary N) is 3. The molecule has 0 aliphatic heterocycles. The first kappa shape index (κ1) is 17.3. The molecular weight excluding hydrogens is 280 g/mol. The lowest BCUT2D eigenvalue weighted by Gasteiger charge is -2.12. The second-order valence-corrected chi connectivity index (χ2v) is 3.57. The average Bonchev–Trinajstić information content (AvgIpc) is 2.25. The molecule has 1 aromatic carbocycles. The molecule has 1 aromatic rings. The predicted molar refractivity (Wildman–Crippen MR) is 70.5 cm³/mol. The van der Waals surface area contributed by atoms with Gasteiger partial charge in [0.25, 0.3) is 0 Å². The maximum Gasteiger partial charge on any atom is 0.238 e. The van der Waals surface area contributed by atoms with E-state index in [0.717, 1.165) is 12.1 Å². The fourth-order valence-electron chi connectivity index (χ4n) is 1.30. The van der Waals surface area contributed by atoms with Gasteiger partial charge in [-0.3, -0.25) is 9.59 Å². The van der Waals surface area contributed by atoms with Crippen LogP contribution in [0.4, 0.5) is 20.2 Å². The van der Waals surface area contributed by atoms with Crippen LogP contribution in [0.5, 0.6) is 0 Å². The second kappa shape index (κ2) is 7.65. The molecule has 8 heteroatoms. The lowest BCUT2D eigenvalue weighted by molar-refractivity contribution is -0.115. The van der Waals surface area contributed by atoms with Crippen molar-refractivity contribution in [2.24, 2.45) is 0 Å². The van der Waals surface area contributed by atoms with Gasteiger partial charge >= 0.3 is 0 Å². The number of hydrogen-bond acceptors (Lipinski definition) is 3. The highest BCUT2D eigenvalue weighted by Gasteiger charge is 2.12. The van der Waals surface area contributed by atoms with Crippen LogP contribution in [0, 0.1) is 11.6 Å². The minimum atomic E-state index is -1.11. The molecule has 0 aliphatic rings. The van der Waals surface area contributed by atoms with Crippen molar-refractivity contribution in [2.45, 2.75) is 6.92 Å². The minimum Gasteiger partial charge on any atom is -0.324 e. The van der Waals surface area contributed by atoms with Gasteiger partial charge in [0, 0.05) is 19.1 Å². The van der Waals surface area contributed by atoms with Gasteiger partial charge in [-0.05, 0) is 7.05 Å². The highest BCUT2D eigenvalue weighted by Crippen LogP contribution is 2.25. The lowest BCUT2D eigenvalue weighted by atomic mass is 10.2. The first-order valence-electron chi connectivity index (χ1n) is 5.15. The molecular formula is C11H14ClF2N3O2. The first-order chi connectivity index (χ1) is 8.43. The van der Waals surface area contributed by atoms with Gasteiger partial charge in [-0.15, -0.1) is 12.4 Å². The van der Waals surface area contributed by atoms with Crippen LogP contribution in [-0.2, 0) is 9.59 Å². The fraction of sp³-hybridized carbons (Fsp3) is 0.273. The Morgan fingerprint density at radius 3 is 2.00 bits per heavy atom. The third-order valence-corrected chi connectivity index (χ3v) is 1.98. The van der Waals surface area contributed by atoms with Gasteiger partial charge in [0.15, 0.2) is 11.6 Å². The summed E-state index contributed by atoms with van der Waals surface area (Å²) in [5.74, 6) is -3.10. The van der Waals surface area contributed by atoms with Crippen LogP contribution in [0.1, 0.15) is 6.92 Å². The van der Waals surface area contributed by atoms with E-state index in [1.165, 1.54) is 6.92 Å². The molecule has 0 saturated carbocycles. The van der Waals surface area contributed by atoms with Crippen molar-refractivity contribution in [2.75, 3.05) is 24.2 Å². The zero-order valence-electron chi connectivity index (χ0n) is 10.3. The molecule has 0 saturated heterocycles. The first-order valence-corrected chi connectivity index (χ1v) is 5.15. The van der Waals surface area contributed by atoms with Gasteiger partial charge in [0.05, 0.1) is 17.9 Å². The van der Waals surface area contributed by atoms with E-state index in [2.05, 4.69) is 16.0 Å². The second-order valence-electron chi connectivity index (χ2n) is 3.57. The summed E-state index contributed by atoms with van der Waals surface area (Å²) in [6.07, 6.45) is 0. The summed E-state index contributed by atoms with van der Waals surface area (Å²) in [6, 6.07) is 1.62. The predicted octanol–water partition coefficient (Wildman–Crippen LogP) is 1.50. The summed E-state index contributed by atoms with van der Waals surface area (Å²) in [6.45, 7) is 1.24. The molecule has 5 nitrogen and oxygen atoms in total. The Balaban J connectivity index is 0.00000324. The summed E-state index contributed by atoms with van der Waals surface area (Å²) in [5.41, 5.74) is 0.00945. The molecule has 0 fully saturated rings. The monoisotopic (exact) mass is 293 g/mol. The molecule has 0 radical (unpaired) electrons. The van der Waals surface area contributed by atoms with Crippen LogP contribution < -0.4 is 16.0 Å². The molecule has 0 aromatic heterocycles. The van der Waals surface area contributed by atoms with Gasteiger partial charge in [-0.2, -0.15) is 0 Å². The third-order valence-electron chi connectivity index (χ3n) is 1.98. The minimum absolute atomic E-state index is 0. The Morgan fingerprint density at radius 1 is 1.11 bits per heavy atom. The number of amides is 2. The maximum atomic E-state index is 13.1. The summed E-state index contributed by atoms with van der Waals surface area (Å²) in [7, 11) is 1.57. The van der Waals surface area contributed by atoms with E-state index < -0.39 is 23.4 Å². The van der Waals surface area contributed by atoms with Crippen LogP contribution in [0.3, 0.4) is 0 Å². The summed E-state index contributed by atoms with van der Waals surface area (Å²) >= 11 is 0. The highest BCUT2D eigenvalue weighted by atomic mass is 35.5. The van der Waals surface area contributed by atoms with E-state index in [0.29, 0.717) is 0 Å². The molecule has 0 heterocycles. The van der Waals surface area contributed by atoms with Crippen LogP contribution in [0.25, 0.3) is 0 Å². The zero-order chi connectivity index (χ0) is 13.7. The Morgan fingerprint density at radius 2 is 1.58 bits per heavy atom. The number of anilines is 2. The smallest absolute Gasteiger partial charge is 0.238 e. The van der Waals surface area contributed by atoms with E-state index in [4.69, 9.17) is 0 Å². The van der Waals surface area contributed by atoms with E-state index in [9.17, 15) is 18.4 Å². The number of likely N-dealkylation sites (N-methyl/N-ethyl adjacent to an activating group) is 1. The van der Waals surface area contributed by atoms with Crippen LogP contribution in [0.15, 0.2) is 12.1 Å². The number of carbonyl (C=O) groups excluding carboxylic acids is 2. The van der Waals surface area contributed by atoms with E-state index in [-0.39, 0.29) is 30.3 Å². The van der Waals surface area contributed by atoms with E-state index >= 15 is 0 Å². The van der Waals surface area contributed by atoms with E-state index in [1.54, 1.807) is 7.05 Å². The Labute approximate surface area is 115 Å². The third kappa shape index (κ3) is 5.19. The number of halogens is 3. The molecule has 106 valence electrons. The fourth-order valence-corrected chi connectivity index (χ4v) is 1.30. The lowest BCUT2D eigenvalue weighted by Crippen LogP contribution is -2.25. The molecule has 19 heavy (non-hydrogen) atoms. The molecule has 0 unspecified atom stereocenters. The number of benzene rings is 1. The topological polar surface area (TPSA) is 70.2 Å². The Hall–Kier alpha value is -1.73.